The summed E-state index contributed by atoms with van der Waals surface area (Å²) < 4.78 is 5.52. The van der Waals surface area contributed by atoms with Crippen molar-refractivity contribution in [3.8, 4) is 0 Å². The van der Waals surface area contributed by atoms with Gasteiger partial charge in [-0.1, -0.05) is 43.7 Å². The van der Waals surface area contributed by atoms with Gasteiger partial charge in [-0.05, 0) is 18.4 Å². The number of ether oxygens (including phenoxy) is 1. The van der Waals surface area contributed by atoms with E-state index in [1.54, 1.807) is 7.11 Å². The van der Waals surface area contributed by atoms with Gasteiger partial charge in [-0.3, -0.25) is 11.3 Å². The molecule has 1 rings (SSSR count). The summed E-state index contributed by atoms with van der Waals surface area (Å²) >= 11 is 0. The third-order valence-electron chi connectivity index (χ3n) is 2.84. The van der Waals surface area contributed by atoms with Crippen LogP contribution in [-0.2, 0) is 4.74 Å². The molecule has 0 aliphatic heterocycles. The second-order valence-corrected chi connectivity index (χ2v) is 4.50. The molecule has 3 nitrogen and oxygen atoms in total. The lowest BCUT2D eigenvalue weighted by molar-refractivity contribution is 0.0326. The van der Waals surface area contributed by atoms with Crippen LogP contribution in [0.5, 0.6) is 0 Å². The van der Waals surface area contributed by atoms with Crippen LogP contribution in [0.2, 0.25) is 0 Å². The maximum atomic E-state index is 5.64. The Morgan fingerprint density at radius 3 is 2.44 bits per heavy atom. The SMILES string of the molecule is COC(C(C)C)C(NN)c1cccc(C)c1. The number of hydrogen-bond donors (Lipinski definition) is 2. The Labute approximate surface area is 98.0 Å². The van der Waals surface area contributed by atoms with Crippen LogP contribution in [0.15, 0.2) is 24.3 Å². The monoisotopic (exact) mass is 222 g/mol. The number of rotatable bonds is 5. The number of nitrogens with one attached hydrogen (secondary N) is 1. The lowest BCUT2D eigenvalue weighted by Gasteiger charge is -2.29. The largest absolute Gasteiger partial charge is 0.379 e. The third kappa shape index (κ3) is 3.04. The van der Waals surface area contributed by atoms with Gasteiger partial charge in [0.25, 0.3) is 0 Å². The van der Waals surface area contributed by atoms with E-state index in [1.807, 2.05) is 6.07 Å². The van der Waals surface area contributed by atoms with Crippen LogP contribution >= 0.6 is 0 Å². The average molecular weight is 222 g/mol. The quantitative estimate of drug-likeness (QED) is 0.593. The van der Waals surface area contributed by atoms with Gasteiger partial charge in [-0.15, -0.1) is 0 Å². The lowest BCUT2D eigenvalue weighted by atomic mass is 9.93. The molecule has 0 amide bonds. The normalized spacial score (nSPS) is 15.1. The van der Waals surface area contributed by atoms with E-state index in [2.05, 4.69) is 44.4 Å². The standard InChI is InChI=1S/C13H22N2O/c1-9(2)13(16-4)12(15-14)11-7-5-6-10(3)8-11/h5-9,12-13,15H,14H2,1-4H3. The van der Waals surface area contributed by atoms with Crippen molar-refractivity contribution in [3.05, 3.63) is 35.4 Å². The van der Waals surface area contributed by atoms with Gasteiger partial charge < -0.3 is 4.74 Å². The molecule has 16 heavy (non-hydrogen) atoms. The molecule has 0 fully saturated rings. The lowest BCUT2D eigenvalue weighted by Crippen LogP contribution is -2.40. The number of nitrogens with two attached hydrogens (primary N) is 1. The molecule has 0 aliphatic rings. The number of aryl methyl sites for hydroxylation is 1. The minimum absolute atomic E-state index is 0.0323. The molecule has 1 aromatic carbocycles. The van der Waals surface area contributed by atoms with Crippen LogP contribution in [-0.4, -0.2) is 13.2 Å². The van der Waals surface area contributed by atoms with E-state index in [9.17, 15) is 0 Å². The van der Waals surface area contributed by atoms with Crippen molar-refractivity contribution >= 4 is 0 Å². The summed E-state index contributed by atoms with van der Waals surface area (Å²) in [6.07, 6.45) is 0.0757. The molecule has 1 aromatic rings. The van der Waals surface area contributed by atoms with Crippen LogP contribution in [0.3, 0.4) is 0 Å². The van der Waals surface area contributed by atoms with Crippen molar-refractivity contribution in [2.75, 3.05) is 7.11 Å². The van der Waals surface area contributed by atoms with E-state index in [1.165, 1.54) is 11.1 Å². The minimum Gasteiger partial charge on any atom is -0.379 e. The number of hydrogen-bond acceptors (Lipinski definition) is 3. The summed E-state index contributed by atoms with van der Waals surface area (Å²) in [5, 5.41) is 0. The maximum Gasteiger partial charge on any atom is 0.0801 e. The Balaban J connectivity index is 2.96. The summed E-state index contributed by atoms with van der Waals surface area (Å²) in [6.45, 7) is 6.34. The zero-order valence-corrected chi connectivity index (χ0v) is 10.5. The number of benzene rings is 1. The van der Waals surface area contributed by atoms with Crippen molar-refractivity contribution in [1.82, 2.24) is 5.43 Å². The summed E-state index contributed by atoms with van der Waals surface area (Å²) in [5.74, 6) is 6.05. The Morgan fingerprint density at radius 2 is 2.00 bits per heavy atom. The van der Waals surface area contributed by atoms with Crippen molar-refractivity contribution in [3.63, 3.8) is 0 Å². The van der Waals surface area contributed by atoms with Gasteiger partial charge in [-0.2, -0.15) is 0 Å². The molecule has 0 bridgehead atoms. The minimum atomic E-state index is 0.0323. The summed E-state index contributed by atoms with van der Waals surface area (Å²) in [7, 11) is 1.73. The zero-order chi connectivity index (χ0) is 12.1. The van der Waals surface area contributed by atoms with E-state index in [0.29, 0.717) is 5.92 Å². The van der Waals surface area contributed by atoms with Crippen LogP contribution in [0.1, 0.15) is 31.0 Å². The van der Waals surface area contributed by atoms with E-state index in [4.69, 9.17) is 10.6 Å². The molecule has 0 radical (unpaired) electrons. The highest BCUT2D eigenvalue weighted by Crippen LogP contribution is 2.24. The first-order valence-corrected chi connectivity index (χ1v) is 5.65. The van der Waals surface area contributed by atoms with Crippen molar-refractivity contribution in [2.45, 2.75) is 32.9 Å². The molecule has 0 saturated heterocycles. The Morgan fingerprint density at radius 1 is 1.31 bits per heavy atom. The van der Waals surface area contributed by atoms with E-state index < -0.39 is 0 Å². The number of methoxy groups -OCH3 is 1. The molecule has 2 unspecified atom stereocenters. The molecule has 3 N–H and O–H groups in total. The smallest absolute Gasteiger partial charge is 0.0801 e. The van der Waals surface area contributed by atoms with Crippen LogP contribution in [0.25, 0.3) is 0 Å². The van der Waals surface area contributed by atoms with Gasteiger partial charge in [0.1, 0.15) is 0 Å². The first kappa shape index (κ1) is 13.2. The summed E-state index contributed by atoms with van der Waals surface area (Å²) in [5.41, 5.74) is 5.26. The van der Waals surface area contributed by atoms with E-state index >= 15 is 0 Å². The second kappa shape index (κ2) is 5.99. The van der Waals surface area contributed by atoms with E-state index in [0.717, 1.165) is 0 Å². The topological polar surface area (TPSA) is 47.3 Å². The van der Waals surface area contributed by atoms with Gasteiger partial charge in [-0.25, -0.2) is 0 Å². The van der Waals surface area contributed by atoms with Crippen LogP contribution in [0, 0.1) is 12.8 Å². The third-order valence-corrected chi connectivity index (χ3v) is 2.84. The van der Waals surface area contributed by atoms with Crippen LogP contribution < -0.4 is 11.3 Å². The summed E-state index contributed by atoms with van der Waals surface area (Å²) in [6, 6.07) is 8.37. The average Bonchev–Trinajstić information content (AvgIpc) is 2.25. The molecule has 0 heterocycles. The predicted octanol–water partition coefficient (Wildman–Crippen LogP) is 2.17. The second-order valence-electron chi connectivity index (χ2n) is 4.50. The highest BCUT2D eigenvalue weighted by molar-refractivity contribution is 5.26. The molecule has 0 aromatic heterocycles. The fraction of sp³-hybridized carbons (Fsp3) is 0.538. The molecular weight excluding hydrogens is 200 g/mol. The van der Waals surface area contributed by atoms with Crippen molar-refractivity contribution in [2.24, 2.45) is 11.8 Å². The van der Waals surface area contributed by atoms with Gasteiger partial charge in [0, 0.05) is 7.11 Å². The molecule has 3 heteroatoms. The number of hydrazine groups is 1. The molecule has 0 aliphatic carbocycles. The first-order valence-electron chi connectivity index (χ1n) is 5.65. The van der Waals surface area contributed by atoms with Crippen LogP contribution in [0.4, 0.5) is 0 Å². The predicted molar refractivity (Wildman–Crippen MR) is 66.9 cm³/mol. The Bertz CT molecular complexity index is 325. The van der Waals surface area contributed by atoms with Crippen molar-refractivity contribution < 1.29 is 4.74 Å². The van der Waals surface area contributed by atoms with Gasteiger partial charge >= 0.3 is 0 Å². The Hall–Kier alpha value is -0.900. The zero-order valence-electron chi connectivity index (χ0n) is 10.5. The molecular formula is C13H22N2O. The Kier molecular flexibility index (Phi) is 4.93. The first-order chi connectivity index (χ1) is 7.60. The van der Waals surface area contributed by atoms with E-state index in [-0.39, 0.29) is 12.1 Å². The molecule has 0 spiro atoms. The van der Waals surface area contributed by atoms with Gasteiger partial charge in [0.2, 0.25) is 0 Å². The fourth-order valence-electron chi connectivity index (χ4n) is 2.04. The van der Waals surface area contributed by atoms with Crippen molar-refractivity contribution in [1.29, 1.82) is 0 Å². The molecule has 2 atom stereocenters. The fourth-order valence-corrected chi connectivity index (χ4v) is 2.04. The molecule has 0 saturated carbocycles. The van der Waals surface area contributed by atoms with Gasteiger partial charge in [0.05, 0.1) is 12.1 Å². The summed E-state index contributed by atoms with van der Waals surface area (Å²) in [4.78, 5) is 0. The van der Waals surface area contributed by atoms with Gasteiger partial charge in [0.15, 0.2) is 0 Å². The highest BCUT2D eigenvalue weighted by Gasteiger charge is 2.24. The highest BCUT2D eigenvalue weighted by atomic mass is 16.5. The molecule has 90 valence electrons. The maximum absolute atomic E-state index is 5.64.